The molecule has 1 amide bonds. The highest BCUT2D eigenvalue weighted by Gasteiger charge is 2.24. The summed E-state index contributed by atoms with van der Waals surface area (Å²) in [6.45, 7) is 2.51. The van der Waals surface area contributed by atoms with Gasteiger partial charge in [0, 0.05) is 25.7 Å². The van der Waals surface area contributed by atoms with Crippen LogP contribution in [0, 0.1) is 0 Å². The topological polar surface area (TPSA) is 41.6 Å². The van der Waals surface area contributed by atoms with E-state index in [2.05, 4.69) is 17.4 Å². The van der Waals surface area contributed by atoms with Crippen molar-refractivity contribution in [1.29, 1.82) is 0 Å². The van der Waals surface area contributed by atoms with Crippen molar-refractivity contribution in [1.82, 2.24) is 10.2 Å². The Morgan fingerprint density at radius 2 is 1.67 bits per heavy atom. The van der Waals surface area contributed by atoms with Gasteiger partial charge < -0.3 is 15.0 Å². The number of carbonyl (C=O) groups is 1. The van der Waals surface area contributed by atoms with E-state index in [1.54, 1.807) is 4.90 Å². The highest BCUT2D eigenvalue weighted by Crippen LogP contribution is 2.10. The molecule has 1 atom stereocenters. The van der Waals surface area contributed by atoms with Crippen LogP contribution in [0.5, 0.6) is 0 Å². The van der Waals surface area contributed by atoms with Gasteiger partial charge >= 0.3 is 6.09 Å². The Kier molecular flexibility index (Phi) is 7.09. The number of rotatable bonds is 4. The van der Waals surface area contributed by atoms with Crippen LogP contribution in [0.2, 0.25) is 0 Å². The molecule has 0 radical (unpaired) electrons. The van der Waals surface area contributed by atoms with Crippen molar-refractivity contribution in [3.63, 3.8) is 0 Å². The van der Waals surface area contributed by atoms with Crippen molar-refractivity contribution in [2.75, 3.05) is 19.6 Å². The van der Waals surface area contributed by atoms with Gasteiger partial charge in [0.25, 0.3) is 0 Å². The smallest absolute Gasteiger partial charge is 0.410 e. The number of ether oxygens (including phenoxy) is 1. The number of piperazine rings is 1. The number of nitrogens with one attached hydrogen (secondary N) is 1. The summed E-state index contributed by atoms with van der Waals surface area (Å²) in [6.07, 6.45) is 0.692. The minimum atomic E-state index is -0.228. The Balaban J connectivity index is 0.00000208. The Hall–Kier alpha value is -2.04. The molecule has 2 aromatic rings. The normalized spacial score (nSPS) is 17.0. The largest absolute Gasteiger partial charge is 0.445 e. The molecule has 1 saturated heterocycles. The maximum Gasteiger partial charge on any atom is 0.410 e. The highest BCUT2D eigenvalue weighted by molar-refractivity contribution is 5.85. The van der Waals surface area contributed by atoms with Crippen molar-refractivity contribution in [3.05, 3.63) is 71.8 Å². The lowest BCUT2D eigenvalue weighted by Gasteiger charge is -2.33. The summed E-state index contributed by atoms with van der Waals surface area (Å²) in [5.41, 5.74) is 2.29. The molecular formula is C19H23ClN2O2. The summed E-state index contributed by atoms with van der Waals surface area (Å²) in [4.78, 5) is 14.0. The number of nitrogens with zero attached hydrogens (tertiary/aromatic N) is 1. The van der Waals surface area contributed by atoms with E-state index in [4.69, 9.17) is 4.74 Å². The number of halogens is 1. The number of hydrogen-bond donors (Lipinski definition) is 1. The van der Waals surface area contributed by atoms with E-state index in [1.165, 1.54) is 5.56 Å². The SMILES string of the molecule is Cl.O=C(OCc1ccccc1)N1CCN[C@H](Cc2ccccc2)C1. The Labute approximate surface area is 149 Å². The molecule has 1 fully saturated rings. The monoisotopic (exact) mass is 346 g/mol. The van der Waals surface area contributed by atoms with E-state index >= 15 is 0 Å². The predicted octanol–water partition coefficient (Wildman–Crippen LogP) is 3.26. The van der Waals surface area contributed by atoms with Gasteiger partial charge in [0.1, 0.15) is 6.61 Å². The first-order valence-corrected chi connectivity index (χ1v) is 8.04. The van der Waals surface area contributed by atoms with Crippen molar-refractivity contribution in [2.45, 2.75) is 19.1 Å². The van der Waals surface area contributed by atoms with Crippen LogP contribution < -0.4 is 5.32 Å². The Bertz CT molecular complexity index is 622. The zero-order chi connectivity index (χ0) is 15.9. The van der Waals surface area contributed by atoms with Gasteiger partial charge in [0.2, 0.25) is 0 Å². The fraction of sp³-hybridized carbons (Fsp3) is 0.316. The standard InChI is InChI=1S/C19H22N2O2.ClH/c22-19(23-15-17-9-5-2-6-10-17)21-12-11-20-18(14-21)13-16-7-3-1-4-8-16;/h1-10,18,20H,11-15H2;1H/t18-;/m1./s1. The van der Waals surface area contributed by atoms with Crippen LogP contribution in [0.15, 0.2) is 60.7 Å². The molecule has 1 heterocycles. The van der Waals surface area contributed by atoms with Gasteiger partial charge in [-0.25, -0.2) is 4.79 Å². The molecule has 128 valence electrons. The summed E-state index contributed by atoms with van der Waals surface area (Å²) >= 11 is 0. The lowest BCUT2D eigenvalue weighted by atomic mass is 10.0. The second-order valence-corrected chi connectivity index (χ2v) is 5.83. The van der Waals surface area contributed by atoms with Crippen LogP contribution in [0.4, 0.5) is 4.79 Å². The van der Waals surface area contributed by atoms with Crippen LogP contribution in [-0.2, 0) is 17.8 Å². The minimum Gasteiger partial charge on any atom is -0.445 e. The second kappa shape index (κ2) is 9.30. The molecule has 0 aliphatic carbocycles. The lowest BCUT2D eigenvalue weighted by molar-refractivity contribution is 0.0849. The molecule has 2 aromatic carbocycles. The van der Waals surface area contributed by atoms with E-state index in [0.717, 1.165) is 18.5 Å². The molecule has 24 heavy (non-hydrogen) atoms. The number of carbonyl (C=O) groups excluding carboxylic acids is 1. The number of hydrogen-bond acceptors (Lipinski definition) is 3. The summed E-state index contributed by atoms with van der Waals surface area (Å²) < 4.78 is 5.43. The van der Waals surface area contributed by atoms with Gasteiger partial charge in [-0.05, 0) is 17.5 Å². The number of amides is 1. The van der Waals surface area contributed by atoms with E-state index in [9.17, 15) is 4.79 Å². The van der Waals surface area contributed by atoms with Crippen molar-refractivity contribution in [3.8, 4) is 0 Å². The molecule has 1 aliphatic heterocycles. The van der Waals surface area contributed by atoms with Crippen molar-refractivity contribution < 1.29 is 9.53 Å². The summed E-state index contributed by atoms with van der Waals surface area (Å²) in [5, 5.41) is 3.48. The maximum atomic E-state index is 12.2. The third-order valence-corrected chi connectivity index (χ3v) is 4.04. The van der Waals surface area contributed by atoms with Crippen LogP contribution in [0.1, 0.15) is 11.1 Å². The zero-order valence-electron chi connectivity index (χ0n) is 13.6. The average Bonchev–Trinajstić information content (AvgIpc) is 2.62. The van der Waals surface area contributed by atoms with Crippen molar-refractivity contribution >= 4 is 18.5 Å². The summed E-state index contributed by atoms with van der Waals surface area (Å²) in [6, 6.07) is 20.4. The maximum absolute atomic E-state index is 12.2. The highest BCUT2D eigenvalue weighted by atomic mass is 35.5. The molecule has 5 heteroatoms. The van der Waals surface area contributed by atoms with Crippen LogP contribution in [0.25, 0.3) is 0 Å². The third kappa shape index (κ3) is 5.25. The Morgan fingerprint density at radius 1 is 1.04 bits per heavy atom. The van der Waals surface area contributed by atoms with E-state index in [0.29, 0.717) is 19.7 Å². The molecule has 3 rings (SSSR count). The molecule has 0 bridgehead atoms. The van der Waals surface area contributed by atoms with Gasteiger partial charge in [-0.1, -0.05) is 60.7 Å². The molecule has 4 nitrogen and oxygen atoms in total. The fourth-order valence-electron chi connectivity index (χ4n) is 2.84. The van der Waals surface area contributed by atoms with Gasteiger partial charge in [-0.15, -0.1) is 12.4 Å². The van der Waals surface area contributed by atoms with Gasteiger partial charge in [0.05, 0.1) is 0 Å². The van der Waals surface area contributed by atoms with E-state index in [1.807, 2.05) is 48.5 Å². The van der Waals surface area contributed by atoms with Gasteiger partial charge in [-0.2, -0.15) is 0 Å². The number of benzene rings is 2. The summed E-state index contributed by atoms with van der Waals surface area (Å²) in [7, 11) is 0. The van der Waals surface area contributed by atoms with Crippen LogP contribution >= 0.6 is 12.4 Å². The van der Waals surface area contributed by atoms with E-state index in [-0.39, 0.29) is 24.5 Å². The van der Waals surface area contributed by atoms with Crippen LogP contribution in [-0.4, -0.2) is 36.7 Å². The minimum absolute atomic E-state index is 0. The molecule has 0 aromatic heterocycles. The van der Waals surface area contributed by atoms with Gasteiger partial charge in [0.15, 0.2) is 0 Å². The Morgan fingerprint density at radius 3 is 2.33 bits per heavy atom. The van der Waals surface area contributed by atoms with Gasteiger partial charge in [-0.3, -0.25) is 0 Å². The first-order chi connectivity index (χ1) is 11.3. The predicted molar refractivity (Wildman–Crippen MR) is 97.4 cm³/mol. The quantitative estimate of drug-likeness (QED) is 0.923. The molecule has 0 spiro atoms. The second-order valence-electron chi connectivity index (χ2n) is 5.83. The van der Waals surface area contributed by atoms with Crippen LogP contribution in [0.3, 0.4) is 0 Å². The lowest BCUT2D eigenvalue weighted by Crippen LogP contribution is -2.53. The van der Waals surface area contributed by atoms with Crippen molar-refractivity contribution in [2.24, 2.45) is 0 Å². The molecule has 0 saturated carbocycles. The first-order valence-electron chi connectivity index (χ1n) is 8.04. The zero-order valence-corrected chi connectivity index (χ0v) is 14.4. The fourth-order valence-corrected chi connectivity index (χ4v) is 2.84. The molecule has 1 N–H and O–H groups in total. The first kappa shape index (κ1) is 18.3. The molecular weight excluding hydrogens is 324 g/mol. The molecule has 0 unspecified atom stereocenters. The summed E-state index contributed by atoms with van der Waals surface area (Å²) in [5.74, 6) is 0. The molecule has 1 aliphatic rings. The third-order valence-electron chi connectivity index (χ3n) is 4.04. The average molecular weight is 347 g/mol. The van der Waals surface area contributed by atoms with E-state index < -0.39 is 0 Å².